The van der Waals surface area contributed by atoms with Crippen LogP contribution in [-0.4, -0.2) is 124 Å². The quantitative estimate of drug-likeness (QED) is 0.0286. The number of aliphatic hydroxyl groups is 1. The molecule has 0 saturated carbocycles. The molecule has 53 heavy (non-hydrogen) atoms. The molecule has 0 bridgehead atoms. The van der Waals surface area contributed by atoms with Crippen LogP contribution in [0.4, 0.5) is 0 Å². The van der Waals surface area contributed by atoms with E-state index in [4.69, 9.17) is 42.6 Å². The Bertz CT molecular complexity index is 1280. The van der Waals surface area contributed by atoms with E-state index in [0.29, 0.717) is 25.7 Å². The van der Waals surface area contributed by atoms with Crippen molar-refractivity contribution in [2.24, 2.45) is 5.11 Å². The molecule has 6 unspecified atom stereocenters. The van der Waals surface area contributed by atoms with Gasteiger partial charge >= 0.3 is 11.9 Å². The van der Waals surface area contributed by atoms with Gasteiger partial charge in [-0.2, -0.15) is 0 Å². The van der Waals surface area contributed by atoms with Gasteiger partial charge < -0.3 is 47.7 Å². The van der Waals surface area contributed by atoms with Crippen molar-refractivity contribution in [1.29, 1.82) is 0 Å². The van der Waals surface area contributed by atoms with E-state index < -0.39 is 85.7 Å². The summed E-state index contributed by atoms with van der Waals surface area (Å²) in [5, 5.41) is 15.1. The predicted molar refractivity (Wildman–Crippen MR) is 190 cm³/mol. The van der Waals surface area contributed by atoms with Crippen LogP contribution in [0.1, 0.15) is 89.4 Å². The molecule has 2 aliphatic heterocycles. The first-order valence-electron chi connectivity index (χ1n) is 18.7. The zero-order valence-corrected chi connectivity index (χ0v) is 31.5. The Kier molecular flexibility index (Phi) is 20.3. The number of unbranched alkanes of at least 4 members (excludes halogenated alkanes) is 4. The second-order valence-corrected chi connectivity index (χ2v) is 12.9. The molecular formula is C37H57N3O13. The Hall–Kier alpha value is -3.18. The first-order valence-corrected chi connectivity index (χ1v) is 18.7. The highest BCUT2D eigenvalue weighted by Crippen LogP contribution is 2.35. The van der Waals surface area contributed by atoms with Crippen molar-refractivity contribution in [1.82, 2.24) is 0 Å². The Morgan fingerprint density at radius 3 is 1.87 bits per heavy atom. The molecule has 2 aliphatic rings. The number of aliphatic hydroxyl groups excluding tert-OH is 1. The third-order valence-corrected chi connectivity index (χ3v) is 8.87. The fourth-order valence-corrected chi connectivity index (χ4v) is 5.90. The van der Waals surface area contributed by atoms with Crippen molar-refractivity contribution in [2.75, 3.05) is 40.1 Å². The van der Waals surface area contributed by atoms with Crippen LogP contribution >= 0.6 is 0 Å². The number of ketones is 1. The fourth-order valence-electron chi connectivity index (χ4n) is 5.90. The molecule has 2 saturated heterocycles. The summed E-state index contributed by atoms with van der Waals surface area (Å²) in [6, 6.07) is 6.79. The van der Waals surface area contributed by atoms with Gasteiger partial charge in [0, 0.05) is 36.9 Å². The van der Waals surface area contributed by atoms with Crippen molar-refractivity contribution < 1.29 is 62.1 Å². The molecule has 1 aromatic carbocycles. The van der Waals surface area contributed by atoms with Crippen molar-refractivity contribution in [3.05, 3.63) is 46.3 Å². The Morgan fingerprint density at radius 2 is 1.32 bits per heavy atom. The number of Topliss-reactive ketones (excluding diaryl/α,β-unsaturated/α-hetero) is 1. The number of azide groups is 1. The van der Waals surface area contributed by atoms with E-state index in [1.54, 1.807) is 18.2 Å². The number of ether oxygens (including phenoxy) is 9. The summed E-state index contributed by atoms with van der Waals surface area (Å²) in [7, 11) is 1.17. The predicted octanol–water partition coefficient (Wildman–Crippen LogP) is 4.83. The Morgan fingerprint density at radius 1 is 0.774 bits per heavy atom. The summed E-state index contributed by atoms with van der Waals surface area (Å²) >= 11 is 0. The molecule has 16 nitrogen and oxygen atoms in total. The van der Waals surface area contributed by atoms with Gasteiger partial charge in [-0.1, -0.05) is 88.8 Å². The molecule has 0 amide bonds. The van der Waals surface area contributed by atoms with Gasteiger partial charge in [-0.25, -0.2) is 9.59 Å². The van der Waals surface area contributed by atoms with Crippen LogP contribution in [0.15, 0.2) is 35.4 Å². The largest absolute Gasteiger partial charge is 0.467 e. The lowest BCUT2D eigenvalue weighted by molar-refractivity contribution is -0.346. The molecule has 2 heterocycles. The number of benzene rings is 1. The molecule has 0 radical (unpaired) electrons. The Balaban J connectivity index is 2.05. The third kappa shape index (κ3) is 13.0. The van der Waals surface area contributed by atoms with Crippen molar-refractivity contribution in [2.45, 2.75) is 140 Å². The Labute approximate surface area is 311 Å². The number of rotatable bonds is 24. The van der Waals surface area contributed by atoms with Crippen molar-refractivity contribution >= 4 is 17.7 Å². The summed E-state index contributed by atoms with van der Waals surface area (Å²) < 4.78 is 54.2. The maximum absolute atomic E-state index is 13.2. The van der Waals surface area contributed by atoms with Crippen molar-refractivity contribution in [3.63, 3.8) is 0 Å². The maximum atomic E-state index is 13.2. The van der Waals surface area contributed by atoms with Crippen LogP contribution in [0, 0.1) is 0 Å². The molecule has 10 atom stereocenters. The average molecular weight is 752 g/mol. The molecule has 3 rings (SSSR count). The van der Waals surface area contributed by atoms with E-state index in [1.807, 2.05) is 27.7 Å². The first kappa shape index (κ1) is 44.2. The summed E-state index contributed by atoms with van der Waals surface area (Å²) in [5.74, 6) is -2.81. The molecule has 1 N–H and O–H groups in total. The van der Waals surface area contributed by atoms with Gasteiger partial charge in [0.15, 0.2) is 18.7 Å². The van der Waals surface area contributed by atoms with E-state index in [-0.39, 0.29) is 32.0 Å². The SMILES string of the molecule is CCCCOC1C(N=[N+]=[N-])[C@H](O[C@@H]2C(C(=O)OC)OC(O)[C@@H](OCCCC)C2OCCCC)OC(COC(=O)C(=O)c2ccccc2)[C@H]1OCCCC. The van der Waals surface area contributed by atoms with Crippen LogP contribution in [0.25, 0.3) is 10.4 Å². The molecular weight excluding hydrogens is 694 g/mol. The second kappa shape index (κ2) is 24.3. The number of hydrogen-bond donors (Lipinski definition) is 1. The van der Waals surface area contributed by atoms with Crippen LogP contribution in [0.3, 0.4) is 0 Å². The molecule has 0 aromatic heterocycles. The highest BCUT2D eigenvalue weighted by molar-refractivity contribution is 6.40. The van der Waals surface area contributed by atoms with E-state index in [0.717, 1.165) is 25.7 Å². The molecule has 0 spiro atoms. The zero-order chi connectivity index (χ0) is 38.6. The lowest BCUT2D eigenvalue weighted by Gasteiger charge is -2.48. The van der Waals surface area contributed by atoms with Gasteiger partial charge in [-0.05, 0) is 31.2 Å². The van der Waals surface area contributed by atoms with Crippen molar-refractivity contribution in [3.8, 4) is 0 Å². The highest BCUT2D eigenvalue weighted by Gasteiger charge is 2.55. The summed E-state index contributed by atoms with van der Waals surface area (Å²) in [5.41, 5.74) is 9.94. The molecule has 298 valence electrons. The van der Waals surface area contributed by atoms with E-state index in [9.17, 15) is 25.0 Å². The van der Waals surface area contributed by atoms with Crippen LogP contribution in [-0.2, 0) is 52.2 Å². The minimum atomic E-state index is -1.57. The van der Waals surface area contributed by atoms with Crippen LogP contribution in [0.2, 0.25) is 0 Å². The average Bonchev–Trinajstić information content (AvgIpc) is 3.17. The highest BCUT2D eigenvalue weighted by atomic mass is 16.7. The maximum Gasteiger partial charge on any atom is 0.379 e. The van der Waals surface area contributed by atoms with Gasteiger partial charge in [0.1, 0.15) is 43.2 Å². The minimum Gasteiger partial charge on any atom is -0.467 e. The molecule has 2 fully saturated rings. The first-order chi connectivity index (χ1) is 25.8. The lowest BCUT2D eigenvalue weighted by atomic mass is 9.95. The monoisotopic (exact) mass is 751 g/mol. The third-order valence-electron chi connectivity index (χ3n) is 8.87. The molecule has 16 heteroatoms. The topological polar surface area (TPSA) is 203 Å². The number of esters is 2. The van der Waals surface area contributed by atoms with E-state index >= 15 is 0 Å². The van der Waals surface area contributed by atoms with E-state index in [1.165, 1.54) is 19.2 Å². The summed E-state index contributed by atoms with van der Waals surface area (Å²) in [4.78, 5) is 42.1. The number of carbonyl (C=O) groups excluding carboxylic acids is 3. The van der Waals surface area contributed by atoms with Gasteiger partial charge in [-0.15, -0.1) is 0 Å². The number of methoxy groups -OCH3 is 1. The number of nitrogens with zero attached hydrogens (tertiary/aromatic N) is 3. The standard InChI is InChI=1S/C37H57N3O13/c1-6-10-19-46-28-25(23-50-34(42)27(41)24-17-15-14-16-18-24)51-37(26(39-40-38)29(28)47-20-11-7-2)53-31-30(48-21-12-8-3)32(49-22-13-9-4)36(44)52-33(31)35(43)45-5/h14-18,25-26,28-33,36-37,44H,6-13,19-23H2,1-5H3/t25?,26?,28-,29?,30?,31+,32+,33?,36?,37+/m1/s1. The van der Waals surface area contributed by atoms with Crippen LogP contribution < -0.4 is 0 Å². The zero-order valence-electron chi connectivity index (χ0n) is 31.5. The smallest absolute Gasteiger partial charge is 0.379 e. The molecule has 1 aromatic rings. The minimum absolute atomic E-state index is 0.154. The second-order valence-electron chi connectivity index (χ2n) is 12.9. The summed E-state index contributed by atoms with van der Waals surface area (Å²) in [6.45, 7) is 8.57. The lowest BCUT2D eigenvalue weighted by Crippen LogP contribution is -2.66. The van der Waals surface area contributed by atoms with Crippen LogP contribution in [0.5, 0.6) is 0 Å². The van der Waals surface area contributed by atoms with Gasteiger partial charge in [-0.3, -0.25) is 4.79 Å². The van der Waals surface area contributed by atoms with Gasteiger partial charge in [0.25, 0.3) is 5.78 Å². The normalized spacial score (nSPS) is 28.5. The molecule has 0 aliphatic carbocycles. The summed E-state index contributed by atoms with van der Waals surface area (Å²) in [6.07, 6.45) is -5.08. The van der Waals surface area contributed by atoms with E-state index in [2.05, 4.69) is 10.0 Å². The van der Waals surface area contributed by atoms with Gasteiger partial charge in [0.05, 0.1) is 13.2 Å². The van der Waals surface area contributed by atoms with Gasteiger partial charge in [0.2, 0.25) is 0 Å². The fraction of sp³-hybridized carbons (Fsp3) is 0.757. The number of carbonyl (C=O) groups is 3. The number of hydrogen-bond acceptors (Lipinski definition) is 14.